The summed E-state index contributed by atoms with van der Waals surface area (Å²) in [4.78, 5) is 52.2. The molecule has 11 nitrogen and oxygen atoms in total. The molecular weight excluding hydrogens is 380 g/mol. The Kier molecular flexibility index (Phi) is 6.80. The van der Waals surface area contributed by atoms with Crippen LogP contribution in [0.2, 0.25) is 0 Å². The van der Waals surface area contributed by atoms with Gasteiger partial charge in [-0.1, -0.05) is 5.16 Å². The van der Waals surface area contributed by atoms with E-state index in [4.69, 9.17) is 10.8 Å². The van der Waals surface area contributed by atoms with Crippen LogP contribution in [0.5, 0.6) is 0 Å². The van der Waals surface area contributed by atoms with Crippen LogP contribution in [0.4, 0.5) is 0 Å². The van der Waals surface area contributed by atoms with Crippen LogP contribution >= 0.6 is 11.8 Å². The molecule has 2 rings (SSSR count). The molecule has 0 radical (unpaired) electrons. The van der Waals surface area contributed by atoms with Gasteiger partial charge in [-0.25, -0.2) is 4.79 Å². The number of hydrogen-bond acceptors (Lipinski definition) is 8. The van der Waals surface area contributed by atoms with E-state index in [1.165, 1.54) is 25.1 Å². The maximum absolute atomic E-state index is 12.4. The Morgan fingerprint density at radius 3 is 2.78 bits per heavy atom. The van der Waals surface area contributed by atoms with Crippen molar-refractivity contribution in [3.05, 3.63) is 11.3 Å². The molecule has 1 fully saturated rings. The lowest BCUT2D eigenvalue weighted by Gasteiger charge is -2.49. The third-order valence-electron chi connectivity index (χ3n) is 4.07. The van der Waals surface area contributed by atoms with E-state index in [1.807, 2.05) is 0 Å². The van der Waals surface area contributed by atoms with Gasteiger partial charge in [-0.15, -0.1) is 11.8 Å². The third kappa shape index (κ3) is 4.57. The Hall–Kier alpha value is -2.60. The van der Waals surface area contributed by atoms with Crippen molar-refractivity contribution in [2.24, 2.45) is 10.9 Å². The Bertz CT molecular complexity index is 708. The SMILES string of the molecule is CON=CC1=C(C(=O)O)N2C(=O)[C@@H](NC(=O)CCCC(N)C(=O)O)[C@@H]2SC1. The molecule has 0 aliphatic carbocycles. The average Bonchev–Trinajstić information content (AvgIpc) is 2.63. The molecule has 2 aliphatic rings. The topological polar surface area (TPSA) is 172 Å². The second kappa shape index (κ2) is 8.86. The molecule has 0 bridgehead atoms. The lowest BCUT2D eigenvalue weighted by molar-refractivity contribution is -0.150. The summed E-state index contributed by atoms with van der Waals surface area (Å²) in [6.45, 7) is 0. The molecule has 0 aromatic heterocycles. The molecule has 12 heteroatoms. The highest BCUT2D eigenvalue weighted by atomic mass is 32.2. The zero-order chi connectivity index (χ0) is 20.1. The first kappa shape index (κ1) is 20.7. The van der Waals surface area contributed by atoms with Gasteiger partial charge in [-0.3, -0.25) is 19.3 Å². The highest BCUT2D eigenvalue weighted by Crippen LogP contribution is 2.39. The van der Waals surface area contributed by atoms with E-state index in [0.29, 0.717) is 11.3 Å². The van der Waals surface area contributed by atoms with Crippen LogP contribution in [-0.2, 0) is 24.0 Å². The van der Waals surface area contributed by atoms with Crippen LogP contribution < -0.4 is 11.1 Å². The molecule has 0 aromatic rings. The molecule has 148 valence electrons. The molecule has 1 saturated heterocycles. The number of nitrogens with two attached hydrogens (primary N) is 1. The van der Waals surface area contributed by atoms with Gasteiger partial charge in [0.25, 0.3) is 5.91 Å². The lowest BCUT2D eigenvalue weighted by atomic mass is 10.0. The monoisotopic (exact) mass is 400 g/mol. The number of oxime groups is 1. The van der Waals surface area contributed by atoms with E-state index in [1.54, 1.807) is 0 Å². The van der Waals surface area contributed by atoms with Crippen molar-refractivity contribution in [2.45, 2.75) is 36.7 Å². The summed E-state index contributed by atoms with van der Waals surface area (Å²) in [5.74, 6) is -3.05. The maximum atomic E-state index is 12.4. The number of fused-ring (bicyclic) bond motifs is 1. The number of carbonyl (C=O) groups excluding carboxylic acids is 2. The van der Waals surface area contributed by atoms with Crippen molar-refractivity contribution >= 4 is 41.7 Å². The number of nitrogens with one attached hydrogen (secondary N) is 1. The number of thioether (sulfide) groups is 1. The fourth-order valence-corrected chi connectivity index (χ4v) is 4.01. The van der Waals surface area contributed by atoms with E-state index >= 15 is 0 Å². The highest BCUT2D eigenvalue weighted by Gasteiger charge is 2.54. The minimum absolute atomic E-state index is 0.0233. The lowest BCUT2D eigenvalue weighted by Crippen LogP contribution is -2.70. The number of β-lactam (4-membered cyclic amide) rings is 1. The molecule has 0 aromatic carbocycles. The molecule has 2 amide bonds. The number of nitrogens with zero attached hydrogens (tertiary/aromatic N) is 2. The Labute approximate surface area is 158 Å². The first-order chi connectivity index (χ1) is 12.8. The van der Waals surface area contributed by atoms with Crippen LogP contribution in [0.15, 0.2) is 16.4 Å². The fourth-order valence-electron chi connectivity index (χ4n) is 2.71. The van der Waals surface area contributed by atoms with Crippen molar-refractivity contribution < 1.29 is 34.2 Å². The first-order valence-electron chi connectivity index (χ1n) is 8.03. The Morgan fingerprint density at radius 1 is 1.48 bits per heavy atom. The molecule has 1 unspecified atom stereocenters. The van der Waals surface area contributed by atoms with Gasteiger partial charge in [0.1, 0.15) is 30.3 Å². The standard InChI is InChI=1S/C15H20N4O7S/c1-26-17-5-7-6-27-13-10(12(21)19(13)11(7)15(24)25)18-9(20)4-2-3-8(16)14(22)23/h5,8,10,13H,2-4,6,16H2,1H3,(H,18,20)(H,22,23)(H,24,25)/t8?,10-,13+/m1/s1. The molecule has 5 N–H and O–H groups in total. The zero-order valence-electron chi connectivity index (χ0n) is 14.5. The van der Waals surface area contributed by atoms with Gasteiger partial charge >= 0.3 is 11.9 Å². The van der Waals surface area contributed by atoms with Gasteiger partial charge in [-0.05, 0) is 12.8 Å². The smallest absolute Gasteiger partial charge is 0.353 e. The Morgan fingerprint density at radius 2 is 2.19 bits per heavy atom. The molecule has 2 aliphatic heterocycles. The fraction of sp³-hybridized carbons (Fsp3) is 0.533. The summed E-state index contributed by atoms with van der Waals surface area (Å²) in [5.41, 5.74) is 5.53. The minimum atomic E-state index is -1.27. The van der Waals surface area contributed by atoms with E-state index in [0.717, 1.165) is 4.90 Å². The zero-order valence-corrected chi connectivity index (χ0v) is 15.3. The van der Waals surface area contributed by atoms with Crippen LogP contribution in [0.1, 0.15) is 19.3 Å². The van der Waals surface area contributed by atoms with Gasteiger partial charge < -0.3 is 26.1 Å². The number of hydrogen-bond donors (Lipinski definition) is 4. The van der Waals surface area contributed by atoms with Gasteiger partial charge in [0, 0.05) is 17.7 Å². The summed E-state index contributed by atoms with van der Waals surface area (Å²) in [6.07, 6.45) is 1.67. The van der Waals surface area contributed by atoms with Crippen LogP contribution in [-0.4, -0.2) is 75.4 Å². The van der Waals surface area contributed by atoms with Crippen molar-refractivity contribution in [3.63, 3.8) is 0 Å². The van der Waals surface area contributed by atoms with E-state index in [-0.39, 0.29) is 25.0 Å². The molecule has 0 saturated carbocycles. The molecular formula is C15H20N4O7S. The van der Waals surface area contributed by atoms with Gasteiger partial charge in [-0.2, -0.15) is 0 Å². The minimum Gasteiger partial charge on any atom is -0.480 e. The number of carboxylic acid groups (broad SMARTS) is 2. The third-order valence-corrected chi connectivity index (χ3v) is 5.37. The number of carbonyl (C=O) groups is 4. The van der Waals surface area contributed by atoms with E-state index < -0.39 is 41.2 Å². The van der Waals surface area contributed by atoms with Gasteiger partial charge in [0.05, 0.1) is 6.21 Å². The van der Waals surface area contributed by atoms with Crippen LogP contribution in [0.3, 0.4) is 0 Å². The van der Waals surface area contributed by atoms with Crippen molar-refractivity contribution in [1.29, 1.82) is 0 Å². The first-order valence-corrected chi connectivity index (χ1v) is 9.08. The summed E-state index contributed by atoms with van der Waals surface area (Å²) in [6, 6.07) is -1.87. The quantitative estimate of drug-likeness (QED) is 0.214. The molecule has 2 heterocycles. The van der Waals surface area contributed by atoms with Gasteiger partial charge in [0.2, 0.25) is 5.91 Å². The summed E-state index contributed by atoms with van der Waals surface area (Å²) < 4.78 is 0. The summed E-state index contributed by atoms with van der Waals surface area (Å²) >= 11 is 1.30. The van der Waals surface area contributed by atoms with Crippen molar-refractivity contribution in [1.82, 2.24) is 10.2 Å². The molecule has 0 spiro atoms. The number of carboxylic acids is 2. The Balaban J connectivity index is 1.96. The number of rotatable bonds is 9. The number of aliphatic carboxylic acids is 2. The second-order valence-electron chi connectivity index (χ2n) is 5.89. The normalized spacial score (nSPS) is 22.9. The second-order valence-corrected chi connectivity index (χ2v) is 6.99. The summed E-state index contributed by atoms with van der Waals surface area (Å²) in [5, 5.41) is 23.7. The molecule has 27 heavy (non-hydrogen) atoms. The average molecular weight is 400 g/mol. The van der Waals surface area contributed by atoms with Crippen molar-refractivity contribution in [2.75, 3.05) is 12.9 Å². The van der Waals surface area contributed by atoms with E-state index in [2.05, 4.69) is 15.3 Å². The largest absolute Gasteiger partial charge is 0.480 e. The predicted molar refractivity (Wildman–Crippen MR) is 94.6 cm³/mol. The van der Waals surface area contributed by atoms with E-state index in [9.17, 15) is 24.3 Å². The van der Waals surface area contributed by atoms with Crippen molar-refractivity contribution in [3.8, 4) is 0 Å². The number of amides is 2. The predicted octanol–water partition coefficient (Wildman–Crippen LogP) is -1.06. The molecule has 3 atom stereocenters. The maximum Gasteiger partial charge on any atom is 0.353 e. The summed E-state index contributed by atoms with van der Waals surface area (Å²) in [7, 11) is 1.32. The van der Waals surface area contributed by atoms with Crippen LogP contribution in [0.25, 0.3) is 0 Å². The van der Waals surface area contributed by atoms with Crippen LogP contribution in [0, 0.1) is 0 Å². The van der Waals surface area contributed by atoms with Gasteiger partial charge in [0.15, 0.2) is 0 Å². The highest BCUT2D eigenvalue weighted by molar-refractivity contribution is 8.00.